The van der Waals surface area contributed by atoms with Crippen molar-refractivity contribution in [2.45, 2.75) is 218 Å². The molecule has 538 valence electrons. The van der Waals surface area contributed by atoms with Gasteiger partial charge in [0.2, 0.25) is 11.8 Å². The number of aromatic hydroxyl groups is 2. The zero-order valence-electron chi connectivity index (χ0n) is 58.3. The van der Waals surface area contributed by atoms with Crippen LogP contribution in [0.4, 0.5) is 22.7 Å². The Morgan fingerprint density at radius 3 is 0.960 bits per heavy atom. The predicted octanol–water partition coefficient (Wildman–Crippen LogP) is 21.2. The molecule has 4 atom stereocenters. The van der Waals surface area contributed by atoms with E-state index in [1.807, 2.05) is 0 Å². The number of phenols is 2. The normalized spacial score (nSPS) is 13.6. The predicted molar refractivity (Wildman–Crippen MR) is 416 cm³/mol. The maximum Gasteiger partial charge on any atom is 0.229 e. The Morgan fingerprint density at radius 2 is 0.650 bits per heavy atom. The number of halogens is 4. The fraction of sp³-hybridized carbons (Fsp3) is 0.488. The van der Waals surface area contributed by atoms with E-state index < -0.39 is 36.6 Å². The van der Waals surface area contributed by atoms with Gasteiger partial charge in [0.1, 0.15) is 11.5 Å². The van der Waals surface area contributed by atoms with Crippen LogP contribution < -0.4 is 21.3 Å². The Kier molecular flexibility index (Phi) is 32.9. The third-order valence-electron chi connectivity index (χ3n) is 20.2. The van der Waals surface area contributed by atoms with Crippen LogP contribution in [0.5, 0.6) is 11.5 Å². The number of amides is 2. The molecule has 2 aliphatic carbocycles. The summed E-state index contributed by atoms with van der Waals surface area (Å²) in [6.07, 6.45) is 37.1. The van der Waals surface area contributed by atoms with Crippen LogP contribution in [-0.2, 0) is 9.59 Å². The number of rotatable bonds is 45. The molecule has 8 rings (SSSR count). The molecule has 0 saturated carbocycles. The molecule has 8 N–H and O–H groups in total. The van der Waals surface area contributed by atoms with Gasteiger partial charge >= 0.3 is 0 Å². The second-order valence-electron chi connectivity index (χ2n) is 27.3. The number of carbonyl (C=O) groups excluding carboxylic acids is 6. The molecule has 0 fully saturated rings. The number of benzene rings is 6. The highest BCUT2D eigenvalue weighted by atomic mass is 79.9. The molecule has 0 bridgehead atoms. The second-order valence-corrected chi connectivity index (χ2v) is 30.8. The van der Waals surface area contributed by atoms with Gasteiger partial charge in [-0.2, -0.15) is 0 Å². The first-order chi connectivity index (χ1) is 48.5. The second kappa shape index (κ2) is 41.3. The molecule has 0 spiro atoms. The van der Waals surface area contributed by atoms with Gasteiger partial charge in [0.15, 0.2) is 23.1 Å². The molecule has 2 aliphatic rings. The van der Waals surface area contributed by atoms with Gasteiger partial charge in [-0.15, -0.1) is 0 Å². The van der Waals surface area contributed by atoms with Crippen LogP contribution >= 0.6 is 63.7 Å². The van der Waals surface area contributed by atoms with Crippen molar-refractivity contribution < 1.29 is 49.2 Å². The van der Waals surface area contributed by atoms with Gasteiger partial charge in [-0.3, -0.25) is 28.8 Å². The lowest BCUT2D eigenvalue weighted by molar-refractivity contribution is -0.124. The average molecular weight is 1620 g/mol. The maximum absolute atomic E-state index is 13.8. The number of hydrogen-bond donors (Lipinski definition) is 8. The standard InChI is InChI=1S/C82H102Br4N4O10/c1-3-5-7-23-33-53(35-25-19-15-11-9-13-17-21-31-45-87-81(99)61(51-91)59-47-69(65(85)49-63(59)83)89-67-41-43-71(93)75-73(67)77(95)55-37-27-29-39-57(55)79(75)97)54(34-24-8-6-4-2)36-26-20-16-12-10-14-18-22-32-46-88-82(100)62(52-92)60-48-70(66(86)50-64(60)84)90-68-42-44-72(94)76-74(68)78(96)56-38-28-30-40-58(56)80(76)98/h27-30,37-44,47-50,53-54,61-62,89-94H,3-26,31-36,45-46,51-52H2,1-2H3,(H,87,99)(H,88,100). The van der Waals surface area contributed by atoms with E-state index in [2.05, 4.69) is 98.8 Å². The number of aliphatic hydroxyl groups excluding tert-OH is 2. The zero-order valence-corrected chi connectivity index (χ0v) is 64.7. The fourth-order valence-electron chi connectivity index (χ4n) is 14.5. The van der Waals surface area contributed by atoms with Crippen LogP contribution in [-0.4, -0.2) is 81.7 Å². The maximum atomic E-state index is 13.8. The molecule has 0 heterocycles. The van der Waals surface area contributed by atoms with E-state index in [4.69, 9.17) is 0 Å². The summed E-state index contributed by atoms with van der Waals surface area (Å²) >= 11 is 14.4. The van der Waals surface area contributed by atoms with E-state index in [0.29, 0.717) is 64.9 Å². The summed E-state index contributed by atoms with van der Waals surface area (Å²) in [5, 5.41) is 55.2. The first-order valence-corrected chi connectivity index (χ1v) is 40.1. The van der Waals surface area contributed by atoms with Gasteiger partial charge in [-0.05, 0) is 116 Å². The van der Waals surface area contributed by atoms with Gasteiger partial charge < -0.3 is 41.7 Å². The Morgan fingerprint density at radius 1 is 0.360 bits per heavy atom. The molecular weight excluding hydrogens is 1520 g/mol. The Bertz CT molecular complexity index is 3520. The average Bonchev–Trinajstić information content (AvgIpc) is 0.750. The molecule has 4 unspecified atom stereocenters. The minimum absolute atomic E-state index is 0.0607. The van der Waals surface area contributed by atoms with Crippen molar-refractivity contribution in [1.29, 1.82) is 0 Å². The monoisotopic (exact) mass is 1620 g/mol. The van der Waals surface area contributed by atoms with Gasteiger partial charge in [-0.25, -0.2) is 0 Å². The third kappa shape index (κ3) is 21.5. The summed E-state index contributed by atoms with van der Waals surface area (Å²) < 4.78 is 2.48. The van der Waals surface area contributed by atoms with Crippen LogP contribution in [0.2, 0.25) is 0 Å². The minimum Gasteiger partial charge on any atom is -0.507 e. The van der Waals surface area contributed by atoms with Crippen LogP contribution in [0.1, 0.15) is 293 Å². The van der Waals surface area contributed by atoms with Crippen molar-refractivity contribution in [3.63, 3.8) is 0 Å². The summed E-state index contributed by atoms with van der Waals surface area (Å²) in [7, 11) is 0. The summed E-state index contributed by atoms with van der Waals surface area (Å²) in [5.74, 6) is -2.83. The molecule has 14 nitrogen and oxygen atoms in total. The van der Waals surface area contributed by atoms with Crippen LogP contribution in [0.15, 0.2) is 115 Å². The molecule has 0 aliphatic heterocycles. The first-order valence-electron chi connectivity index (χ1n) is 36.9. The summed E-state index contributed by atoms with van der Waals surface area (Å²) in [6.45, 7) is 4.81. The zero-order chi connectivity index (χ0) is 71.5. The van der Waals surface area contributed by atoms with Crippen LogP contribution in [0.25, 0.3) is 0 Å². The number of hydrogen-bond acceptors (Lipinski definition) is 12. The van der Waals surface area contributed by atoms with Crippen LogP contribution in [0, 0.1) is 11.8 Å². The number of unbranched alkanes of at least 4 members (excludes halogenated alkanes) is 22. The molecule has 0 saturated heterocycles. The van der Waals surface area contributed by atoms with Gasteiger partial charge in [0.25, 0.3) is 0 Å². The molecular formula is C82H102Br4N4O10. The van der Waals surface area contributed by atoms with Gasteiger partial charge in [0, 0.05) is 53.2 Å². The highest BCUT2D eigenvalue weighted by Gasteiger charge is 2.37. The minimum atomic E-state index is -0.858. The quantitative estimate of drug-likeness (QED) is 0.0132. The number of aliphatic hydroxyl groups is 2. The molecule has 6 aromatic rings. The lowest BCUT2D eigenvalue weighted by Crippen LogP contribution is -2.32. The number of anilines is 4. The molecule has 100 heavy (non-hydrogen) atoms. The fourth-order valence-corrected chi connectivity index (χ4v) is 17.3. The first kappa shape index (κ1) is 79.7. The SMILES string of the molecule is CCCCCCC(CCCCCCCCCCCNC(=O)C(CO)c1cc(Nc2ccc(O)c3c2C(=O)c2ccccc2C3=O)c(Br)cc1Br)C(CCCCCC)CCCCCCCCCCCNC(=O)C(CO)c1cc(Nc2ccc(O)c3c2C(=O)c2ccccc2C3=O)c(Br)cc1Br. The third-order valence-corrected chi connectivity index (χ3v) is 22.9. The Balaban J connectivity index is 0.693. The van der Waals surface area contributed by atoms with Gasteiger partial charge in [-0.1, -0.05) is 274 Å². The Labute approximate surface area is 625 Å². The summed E-state index contributed by atoms with van der Waals surface area (Å²) in [5.41, 5.74) is 3.80. The topological polar surface area (TPSA) is 231 Å². The van der Waals surface area contributed by atoms with Crippen LogP contribution in [0.3, 0.4) is 0 Å². The van der Waals surface area contributed by atoms with Gasteiger partial charge in [0.05, 0.1) is 70.1 Å². The summed E-state index contributed by atoms with van der Waals surface area (Å²) in [4.78, 5) is 81.6. The number of fused-ring (bicyclic) bond motifs is 4. The van der Waals surface area contributed by atoms with E-state index in [9.17, 15) is 49.2 Å². The summed E-state index contributed by atoms with van der Waals surface area (Å²) in [6, 6.07) is 26.1. The lowest BCUT2D eigenvalue weighted by atomic mass is 9.78. The number of nitrogens with one attached hydrogen (secondary N) is 4. The smallest absolute Gasteiger partial charge is 0.229 e. The van der Waals surface area contributed by atoms with Crippen molar-refractivity contribution in [1.82, 2.24) is 10.6 Å². The van der Waals surface area contributed by atoms with E-state index >= 15 is 0 Å². The number of phenolic OH excluding ortho intramolecular Hbond substituents is 2. The van der Waals surface area contributed by atoms with Crippen molar-refractivity contribution in [2.75, 3.05) is 36.9 Å². The van der Waals surface area contributed by atoms with Crippen molar-refractivity contribution >= 4 is 121 Å². The highest BCUT2D eigenvalue weighted by Crippen LogP contribution is 2.44. The molecule has 0 radical (unpaired) electrons. The van der Waals surface area contributed by atoms with E-state index in [1.54, 1.807) is 84.9 Å². The molecule has 0 aromatic heterocycles. The number of carbonyl (C=O) groups is 6. The van der Waals surface area contributed by atoms with Crippen molar-refractivity contribution in [2.24, 2.45) is 11.8 Å². The highest BCUT2D eigenvalue weighted by molar-refractivity contribution is 9.11. The molecule has 6 aromatic carbocycles. The molecule has 2 amide bonds. The largest absolute Gasteiger partial charge is 0.507 e. The van der Waals surface area contributed by atoms with E-state index in [-0.39, 0.29) is 79.4 Å². The molecule has 18 heteroatoms. The van der Waals surface area contributed by atoms with Crippen molar-refractivity contribution in [3.8, 4) is 11.5 Å². The van der Waals surface area contributed by atoms with Crippen molar-refractivity contribution in [3.05, 3.63) is 171 Å². The van der Waals surface area contributed by atoms with E-state index in [1.165, 1.54) is 166 Å². The van der Waals surface area contributed by atoms with E-state index in [0.717, 1.165) is 50.4 Å². The lowest BCUT2D eigenvalue weighted by Gasteiger charge is -2.28. The Hall–Kier alpha value is -6.02. The number of ketones is 4.